The van der Waals surface area contributed by atoms with Crippen LogP contribution in [0.1, 0.15) is 38.2 Å². The van der Waals surface area contributed by atoms with E-state index in [0.717, 1.165) is 71.9 Å². The van der Waals surface area contributed by atoms with Crippen LogP contribution in [0.25, 0.3) is 10.8 Å². The number of aromatic nitrogens is 3. The zero-order valence-corrected chi connectivity index (χ0v) is 21.8. The van der Waals surface area contributed by atoms with Crippen LogP contribution in [0.2, 0.25) is 0 Å². The molecule has 1 unspecified atom stereocenters. The summed E-state index contributed by atoms with van der Waals surface area (Å²) < 4.78 is 0. The summed E-state index contributed by atoms with van der Waals surface area (Å²) in [6.07, 6.45) is 8.31. The van der Waals surface area contributed by atoms with E-state index >= 15 is 0 Å². The van der Waals surface area contributed by atoms with E-state index < -0.39 is 0 Å². The summed E-state index contributed by atoms with van der Waals surface area (Å²) in [5, 5.41) is 15.6. The fourth-order valence-electron chi connectivity index (χ4n) is 5.14. The lowest BCUT2D eigenvalue weighted by Crippen LogP contribution is -2.48. The Labute approximate surface area is 212 Å². The molecule has 1 atom stereocenters. The van der Waals surface area contributed by atoms with Gasteiger partial charge in [-0.3, -0.25) is 0 Å². The van der Waals surface area contributed by atoms with Gasteiger partial charge < -0.3 is 20.2 Å². The molecule has 4 heterocycles. The molecule has 2 aliphatic rings. The van der Waals surface area contributed by atoms with Gasteiger partial charge >= 0.3 is 0 Å². The third kappa shape index (κ3) is 5.19. The van der Waals surface area contributed by atoms with Gasteiger partial charge in [-0.15, -0.1) is 0 Å². The van der Waals surface area contributed by atoms with Crippen molar-refractivity contribution in [3.05, 3.63) is 42.2 Å². The Hall–Kier alpha value is -2.58. The van der Waals surface area contributed by atoms with Gasteiger partial charge in [-0.05, 0) is 59.9 Å². The summed E-state index contributed by atoms with van der Waals surface area (Å²) in [5.74, 6) is 5.05. The quantitative estimate of drug-likeness (QED) is 0.460. The molecule has 5 rings (SSSR count). The maximum absolute atomic E-state index is 9.89. The highest BCUT2D eigenvalue weighted by atomic mass is 32.2. The van der Waals surface area contributed by atoms with Gasteiger partial charge in [-0.25, -0.2) is 9.97 Å². The van der Waals surface area contributed by atoms with E-state index in [1.807, 2.05) is 30.2 Å². The molecule has 7 nitrogen and oxygen atoms in total. The summed E-state index contributed by atoms with van der Waals surface area (Å²) in [6, 6.07) is 8.36. The summed E-state index contributed by atoms with van der Waals surface area (Å²) >= 11 is 1.92. The zero-order chi connectivity index (χ0) is 24.4. The van der Waals surface area contributed by atoms with Gasteiger partial charge in [0.15, 0.2) is 0 Å². The average molecular weight is 493 g/mol. The normalized spacial score (nSPS) is 18.1. The number of aliphatic hydroxyl groups excluding tert-OH is 1. The molecule has 3 aromatic rings. The number of nitrogens with one attached hydrogen (secondary N) is 1. The molecule has 0 spiro atoms. The molecular formula is C27H36N6OS. The number of thioether (sulfide) groups is 1. The molecule has 2 N–H and O–H groups in total. The average Bonchev–Trinajstić information content (AvgIpc) is 2.85. The lowest BCUT2D eigenvalue weighted by atomic mass is 9.93. The van der Waals surface area contributed by atoms with E-state index in [-0.39, 0.29) is 12.5 Å². The van der Waals surface area contributed by atoms with E-state index in [2.05, 4.69) is 58.4 Å². The van der Waals surface area contributed by atoms with Gasteiger partial charge in [-0.2, -0.15) is 16.7 Å². The van der Waals surface area contributed by atoms with Crippen LogP contribution in [0.3, 0.4) is 0 Å². The lowest BCUT2D eigenvalue weighted by Gasteiger charge is -2.41. The number of piperidine rings is 1. The minimum absolute atomic E-state index is 0.0505. The first kappa shape index (κ1) is 24.1. The van der Waals surface area contributed by atoms with Crippen LogP contribution in [-0.2, 0) is 0 Å². The van der Waals surface area contributed by atoms with Crippen LogP contribution in [0.5, 0.6) is 0 Å². The molecule has 0 amide bonds. The number of nitrogens with zero attached hydrogens (tertiary/aromatic N) is 5. The van der Waals surface area contributed by atoms with Gasteiger partial charge in [0.2, 0.25) is 5.95 Å². The van der Waals surface area contributed by atoms with E-state index in [0.29, 0.717) is 0 Å². The molecule has 2 aromatic heterocycles. The second-order valence-corrected chi connectivity index (χ2v) is 11.0. The first-order chi connectivity index (χ1) is 17.1. The number of hydrogen-bond donors (Lipinski definition) is 2. The Kier molecular flexibility index (Phi) is 7.29. The Morgan fingerprint density at radius 3 is 2.63 bits per heavy atom. The SMILES string of the molecule is CSCC1CN(c2ccc(C(C)CO)c3cc(Nc4ccnc(N5CCC(C)CC5)n4)ncc23)C1. The van der Waals surface area contributed by atoms with Gasteiger partial charge in [0.25, 0.3) is 0 Å². The molecule has 0 aliphatic carbocycles. The van der Waals surface area contributed by atoms with Crippen molar-refractivity contribution in [3.8, 4) is 0 Å². The van der Waals surface area contributed by atoms with Crippen molar-refractivity contribution in [2.24, 2.45) is 11.8 Å². The highest BCUT2D eigenvalue weighted by molar-refractivity contribution is 7.98. The minimum Gasteiger partial charge on any atom is -0.396 e. The second-order valence-electron chi connectivity index (χ2n) is 10.1. The van der Waals surface area contributed by atoms with Gasteiger partial charge in [-0.1, -0.05) is 19.9 Å². The van der Waals surface area contributed by atoms with Crippen LogP contribution >= 0.6 is 11.8 Å². The minimum atomic E-state index is 0.0505. The van der Waals surface area contributed by atoms with E-state index in [4.69, 9.17) is 9.97 Å². The topological polar surface area (TPSA) is 77.4 Å². The first-order valence-corrected chi connectivity index (χ1v) is 14.1. The fraction of sp³-hybridized carbons (Fsp3) is 0.519. The Bertz CT molecular complexity index is 1160. The third-order valence-electron chi connectivity index (χ3n) is 7.38. The molecular weight excluding hydrogens is 456 g/mol. The summed E-state index contributed by atoms with van der Waals surface area (Å²) in [4.78, 5) is 18.8. The summed E-state index contributed by atoms with van der Waals surface area (Å²) in [5.41, 5.74) is 2.37. The maximum atomic E-state index is 9.89. The van der Waals surface area contributed by atoms with Gasteiger partial charge in [0, 0.05) is 68.1 Å². The van der Waals surface area contributed by atoms with Crippen molar-refractivity contribution in [3.63, 3.8) is 0 Å². The number of hydrogen-bond acceptors (Lipinski definition) is 8. The summed E-state index contributed by atoms with van der Waals surface area (Å²) in [7, 11) is 0. The van der Waals surface area contributed by atoms with Crippen molar-refractivity contribution in [1.29, 1.82) is 0 Å². The fourth-order valence-corrected chi connectivity index (χ4v) is 5.82. The molecule has 186 valence electrons. The van der Waals surface area contributed by atoms with E-state index in [1.165, 1.54) is 24.3 Å². The maximum Gasteiger partial charge on any atom is 0.227 e. The van der Waals surface area contributed by atoms with Crippen LogP contribution in [0.15, 0.2) is 36.7 Å². The van der Waals surface area contributed by atoms with Crippen LogP contribution in [-0.4, -0.2) is 64.9 Å². The number of aliphatic hydroxyl groups is 1. The Morgan fingerprint density at radius 1 is 1.09 bits per heavy atom. The predicted molar refractivity (Wildman–Crippen MR) is 147 cm³/mol. The highest BCUT2D eigenvalue weighted by Gasteiger charge is 2.28. The van der Waals surface area contributed by atoms with E-state index in [1.54, 1.807) is 0 Å². The van der Waals surface area contributed by atoms with Crippen LogP contribution in [0, 0.1) is 11.8 Å². The number of fused-ring (bicyclic) bond motifs is 1. The van der Waals surface area contributed by atoms with E-state index in [9.17, 15) is 5.11 Å². The second kappa shape index (κ2) is 10.6. The third-order valence-corrected chi connectivity index (χ3v) is 8.19. The zero-order valence-electron chi connectivity index (χ0n) is 20.9. The molecule has 0 saturated carbocycles. The lowest BCUT2D eigenvalue weighted by molar-refractivity contribution is 0.273. The molecule has 1 aromatic carbocycles. The first-order valence-electron chi connectivity index (χ1n) is 12.7. The standard InChI is InChI=1S/C27H36N6OS/c1-18-7-10-32(11-8-18)27-28-9-6-25(31-27)30-26-12-22-21(19(2)16-34)4-5-24(23(22)13-29-26)33-14-20(15-33)17-35-3/h4-6,9,12-13,18-20,34H,7-8,10-11,14-17H2,1-3H3,(H,28,29,30,31). The number of pyridine rings is 1. The summed E-state index contributed by atoms with van der Waals surface area (Å²) in [6.45, 7) is 8.66. The molecule has 8 heteroatoms. The molecule has 0 radical (unpaired) electrons. The largest absolute Gasteiger partial charge is 0.396 e. The highest BCUT2D eigenvalue weighted by Crippen LogP contribution is 2.37. The van der Waals surface area contributed by atoms with Gasteiger partial charge in [0.05, 0.1) is 0 Å². The van der Waals surface area contributed by atoms with Crippen molar-refractivity contribution < 1.29 is 5.11 Å². The number of benzene rings is 1. The van der Waals surface area contributed by atoms with Gasteiger partial charge in [0.1, 0.15) is 11.6 Å². The Morgan fingerprint density at radius 2 is 1.89 bits per heavy atom. The molecule has 2 saturated heterocycles. The molecule has 35 heavy (non-hydrogen) atoms. The van der Waals surface area contributed by atoms with Crippen molar-refractivity contribution in [2.45, 2.75) is 32.6 Å². The van der Waals surface area contributed by atoms with Crippen molar-refractivity contribution in [2.75, 3.05) is 59.9 Å². The molecule has 2 aliphatic heterocycles. The number of anilines is 4. The van der Waals surface area contributed by atoms with Crippen molar-refractivity contribution in [1.82, 2.24) is 15.0 Å². The van der Waals surface area contributed by atoms with Crippen molar-refractivity contribution >= 4 is 45.8 Å². The monoisotopic (exact) mass is 492 g/mol. The molecule has 2 fully saturated rings. The van der Waals surface area contributed by atoms with Crippen LogP contribution < -0.4 is 15.1 Å². The number of rotatable bonds is 8. The molecule has 0 bridgehead atoms. The smallest absolute Gasteiger partial charge is 0.227 e. The Balaban J connectivity index is 1.42. The van der Waals surface area contributed by atoms with Crippen LogP contribution in [0.4, 0.5) is 23.3 Å². The predicted octanol–water partition coefficient (Wildman–Crippen LogP) is 4.90.